The number of oxime groups is 1. The van der Waals surface area contributed by atoms with Crippen LogP contribution in [-0.4, -0.2) is 39.9 Å². The van der Waals surface area contributed by atoms with Crippen LogP contribution in [0.25, 0.3) is 0 Å². The molecule has 8 nitrogen and oxygen atoms in total. The summed E-state index contributed by atoms with van der Waals surface area (Å²) in [4.78, 5) is 23.8. The number of benzene rings is 1. The molecule has 0 radical (unpaired) electrons. The van der Waals surface area contributed by atoms with E-state index in [4.69, 9.17) is 14.8 Å². The highest BCUT2D eigenvalue weighted by atomic mass is 19.2. The van der Waals surface area contributed by atoms with Crippen molar-refractivity contribution in [2.24, 2.45) is 12.2 Å². The van der Waals surface area contributed by atoms with E-state index < -0.39 is 11.6 Å². The van der Waals surface area contributed by atoms with Crippen molar-refractivity contribution in [3.8, 4) is 6.07 Å². The van der Waals surface area contributed by atoms with E-state index in [0.29, 0.717) is 18.8 Å². The van der Waals surface area contributed by atoms with Crippen molar-refractivity contribution >= 4 is 5.71 Å². The predicted octanol–water partition coefficient (Wildman–Crippen LogP) is 3.37. The van der Waals surface area contributed by atoms with Crippen molar-refractivity contribution in [2.45, 2.75) is 31.6 Å². The molecule has 190 valence electrons. The summed E-state index contributed by atoms with van der Waals surface area (Å²) in [5.74, 6) is -1.98. The first-order chi connectivity index (χ1) is 17.9. The van der Waals surface area contributed by atoms with Gasteiger partial charge in [0.25, 0.3) is 5.56 Å². The number of aryl methyl sites for hydroxylation is 1. The summed E-state index contributed by atoms with van der Waals surface area (Å²) in [5, 5.41) is 12.7. The van der Waals surface area contributed by atoms with E-state index in [2.05, 4.69) is 15.0 Å². The number of rotatable bonds is 6. The van der Waals surface area contributed by atoms with E-state index in [1.807, 2.05) is 18.3 Å². The molecule has 0 saturated carbocycles. The molecule has 0 aliphatic carbocycles. The van der Waals surface area contributed by atoms with Crippen molar-refractivity contribution in [2.75, 3.05) is 19.7 Å². The third-order valence-corrected chi connectivity index (χ3v) is 6.92. The lowest BCUT2D eigenvalue weighted by Crippen LogP contribution is -2.42. The fourth-order valence-electron chi connectivity index (χ4n) is 4.91. The van der Waals surface area contributed by atoms with Gasteiger partial charge >= 0.3 is 0 Å². The van der Waals surface area contributed by atoms with Crippen LogP contribution in [0.1, 0.15) is 40.8 Å². The number of piperidine rings is 1. The Labute approximate surface area is 212 Å². The topological polar surface area (TPSA) is 92.7 Å². The van der Waals surface area contributed by atoms with Crippen LogP contribution in [0.2, 0.25) is 0 Å². The minimum atomic E-state index is -1.01. The number of pyridine rings is 2. The molecule has 0 N–H and O–H groups in total. The molecular weight excluding hydrogens is 480 g/mol. The second-order valence-electron chi connectivity index (χ2n) is 9.27. The van der Waals surface area contributed by atoms with Crippen molar-refractivity contribution in [1.29, 1.82) is 5.26 Å². The Morgan fingerprint density at radius 3 is 2.73 bits per heavy atom. The minimum Gasteiger partial charge on any atom is -0.380 e. The summed E-state index contributed by atoms with van der Waals surface area (Å²) in [6.45, 7) is 2.52. The number of fused-ring (bicyclic) bond motifs is 2. The maximum atomic E-state index is 13.8. The van der Waals surface area contributed by atoms with E-state index in [-0.39, 0.29) is 29.0 Å². The number of nitriles is 1. The average molecular weight is 506 g/mol. The molecule has 2 aliphatic heterocycles. The largest absolute Gasteiger partial charge is 0.380 e. The highest BCUT2D eigenvalue weighted by molar-refractivity contribution is 6.11. The number of ether oxygens (including phenoxy) is 1. The maximum Gasteiger partial charge on any atom is 0.250 e. The monoisotopic (exact) mass is 505 g/mol. The summed E-state index contributed by atoms with van der Waals surface area (Å²) in [6, 6.07) is 10.5. The Bertz CT molecular complexity index is 1440. The van der Waals surface area contributed by atoms with Gasteiger partial charge in [0.2, 0.25) is 6.61 Å². The molecule has 1 aromatic carbocycles. The van der Waals surface area contributed by atoms with Crippen LogP contribution in [-0.2, 0) is 35.4 Å². The van der Waals surface area contributed by atoms with Gasteiger partial charge in [-0.15, -0.1) is 0 Å². The third-order valence-electron chi connectivity index (χ3n) is 6.92. The van der Waals surface area contributed by atoms with Gasteiger partial charge in [-0.3, -0.25) is 14.7 Å². The van der Waals surface area contributed by atoms with Gasteiger partial charge in [-0.05, 0) is 48.2 Å². The molecule has 0 bridgehead atoms. The molecule has 4 heterocycles. The standard InChI is InChI=1S/C27H25F2N5O3/c1-33-16-21-20(13-25(33)35)17-36-27(21)6-9-34(10-7-27)15-18-2-5-24(31-14-18)26(32-37-11-8-30)19-3-4-22(28)23(29)12-19/h2-5,12-14,16H,6-7,9-11,15,17H2,1H3/b32-26+. The summed E-state index contributed by atoms with van der Waals surface area (Å²) in [7, 11) is 1.76. The Balaban J connectivity index is 1.28. The molecule has 0 atom stereocenters. The minimum absolute atomic E-state index is 0.0258. The number of nitrogens with zero attached hydrogens (tertiary/aromatic N) is 5. The molecule has 3 aromatic rings. The predicted molar refractivity (Wildman–Crippen MR) is 130 cm³/mol. The van der Waals surface area contributed by atoms with Crippen LogP contribution in [0.5, 0.6) is 0 Å². The van der Waals surface area contributed by atoms with Gasteiger partial charge in [-0.2, -0.15) is 5.26 Å². The number of halogens is 2. The summed E-state index contributed by atoms with van der Waals surface area (Å²) in [6.07, 6.45) is 5.28. The van der Waals surface area contributed by atoms with Crippen molar-refractivity contribution in [1.82, 2.24) is 14.5 Å². The molecular formula is C27H25F2N5O3. The number of hydrogen-bond acceptors (Lipinski definition) is 7. The quantitative estimate of drug-likeness (QED) is 0.290. The smallest absolute Gasteiger partial charge is 0.250 e. The van der Waals surface area contributed by atoms with Crippen molar-refractivity contribution < 1.29 is 18.4 Å². The number of hydrogen-bond donors (Lipinski definition) is 0. The van der Waals surface area contributed by atoms with Gasteiger partial charge in [0.1, 0.15) is 11.8 Å². The van der Waals surface area contributed by atoms with Crippen LogP contribution in [0.3, 0.4) is 0 Å². The maximum absolute atomic E-state index is 13.8. The van der Waals surface area contributed by atoms with E-state index in [1.54, 1.807) is 29.9 Å². The van der Waals surface area contributed by atoms with E-state index in [1.165, 1.54) is 6.07 Å². The Morgan fingerprint density at radius 2 is 2.03 bits per heavy atom. The van der Waals surface area contributed by atoms with Gasteiger partial charge in [0, 0.05) is 56.3 Å². The Morgan fingerprint density at radius 1 is 1.22 bits per heavy atom. The van der Waals surface area contributed by atoms with Gasteiger partial charge in [0.15, 0.2) is 11.6 Å². The molecule has 2 aliphatic rings. The zero-order valence-corrected chi connectivity index (χ0v) is 20.3. The summed E-state index contributed by atoms with van der Waals surface area (Å²) >= 11 is 0. The average Bonchev–Trinajstić information content (AvgIpc) is 3.22. The van der Waals surface area contributed by atoms with Crippen LogP contribution < -0.4 is 5.56 Å². The van der Waals surface area contributed by atoms with Gasteiger partial charge < -0.3 is 14.1 Å². The molecule has 1 saturated heterocycles. The molecule has 0 unspecified atom stereocenters. The zero-order chi connectivity index (χ0) is 26.0. The molecule has 1 spiro atoms. The summed E-state index contributed by atoms with van der Waals surface area (Å²) in [5.41, 5.74) is 3.60. The van der Waals surface area contributed by atoms with Gasteiger partial charge in [-0.1, -0.05) is 11.2 Å². The molecule has 0 amide bonds. The number of aromatic nitrogens is 2. The third kappa shape index (κ3) is 5.01. The first-order valence-electron chi connectivity index (χ1n) is 11.9. The van der Waals surface area contributed by atoms with E-state index in [9.17, 15) is 13.6 Å². The van der Waals surface area contributed by atoms with Gasteiger partial charge in [0.05, 0.1) is 17.9 Å². The lowest BCUT2D eigenvalue weighted by Gasteiger charge is -2.39. The van der Waals surface area contributed by atoms with Crippen molar-refractivity contribution in [3.05, 3.63) is 98.7 Å². The molecule has 1 fully saturated rings. The fraction of sp³-hybridized carbons (Fsp3) is 0.333. The second kappa shape index (κ2) is 10.2. The first kappa shape index (κ1) is 24.7. The molecule has 2 aromatic heterocycles. The Kier molecular flexibility index (Phi) is 6.82. The van der Waals surface area contributed by atoms with Crippen molar-refractivity contribution in [3.63, 3.8) is 0 Å². The highest BCUT2D eigenvalue weighted by Gasteiger charge is 2.43. The van der Waals surface area contributed by atoms with E-state index >= 15 is 0 Å². The zero-order valence-electron chi connectivity index (χ0n) is 20.3. The molecule has 37 heavy (non-hydrogen) atoms. The fourth-order valence-corrected chi connectivity index (χ4v) is 4.91. The van der Waals surface area contributed by atoms with Crippen LogP contribution in [0.15, 0.2) is 58.7 Å². The summed E-state index contributed by atoms with van der Waals surface area (Å²) < 4.78 is 35.1. The van der Waals surface area contributed by atoms with E-state index in [0.717, 1.165) is 54.8 Å². The van der Waals surface area contributed by atoms with Crippen LogP contribution in [0.4, 0.5) is 8.78 Å². The number of likely N-dealkylation sites (tertiary alicyclic amines) is 1. The highest BCUT2D eigenvalue weighted by Crippen LogP contribution is 2.43. The first-order valence-corrected chi connectivity index (χ1v) is 11.9. The molecule has 10 heteroatoms. The lowest BCUT2D eigenvalue weighted by molar-refractivity contribution is -0.0801. The molecule has 5 rings (SSSR count). The normalized spacial score (nSPS) is 17.0. The Hall–Kier alpha value is -3.94. The SMILES string of the molecule is Cn1cc2c(cc1=O)COC21CCN(Cc2ccc(/C(=N/OCC#N)c3ccc(F)c(F)c3)nc2)CC1. The van der Waals surface area contributed by atoms with Crippen LogP contribution >= 0.6 is 0 Å². The van der Waals surface area contributed by atoms with Crippen LogP contribution in [0, 0.1) is 23.0 Å². The van der Waals surface area contributed by atoms with Gasteiger partial charge in [-0.25, -0.2) is 8.78 Å². The second-order valence-corrected chi connectivity index (χ2v) is 9.27. The lowest BCUT2D eigenvalue weighted by atomic mass is 9.84.